The number of halogens is 1. The van der Waals surface area contributed by atoms with Gasteiger partial charge in [-0.2, -0.15) is 10.2 Å². The smallest absolute Gasteiger partial charge is 0.249 e. The summed E-state index contributed by atoms with van der Waals surface area (Å²) in [6, 6.07) is 9.17. The molecule has 0 aliphatic carbocycles. The molecule has 1 amide bonds. The second-order valence-electron chi connectivity index (χ2n) is 6.76. The molecule has 1 aliphatic rings. The Bertz CT molecular complexity index is 978. The molecule has 0 bridgehead atoms. The monoisotopic (exact) mass is 384 g/mol. The van der Waals surface area contributed by atoms with Crippen LogP contribution in [0.4, 0.5) is 11.5 Å². The minimum absolute atomic E-state index is 0.0456. The van der Waals surface area contributed by atoms with Crippen molar-refractivity contribution in [1.29, 1.82) is 0 Å². The van der Waals surface area contributed by atoms with Gasteiger partial charge >= 0.3 is 0 Å². The van der Waals surface area contributed by atoms with Gasteiger partial charge in [0.15, 0.2) is 0 Å². The van der Waals surface area contributed by atoms with Gasteiger partial charge < -0.3 is 10.2 Å². The molecule has 4 rings (SSSR count). The van der Waals surface area contributed by atoms with Crippen LogP contribution >= 0.6 is 11.6 Å². The topological polar surface area (TPSA) is 68.0 Å². The molecule has 7 nitrogen and oxygen atoms in total. The van der Waals surface area contributed by atoms with E-state index in [2.05, 4.69) is 15.5 Å². The summed E-state index contributed by atoms with van der Waals surface area (Å²) in [5.41, 5.74) is 2.68. The number of carbonyl (C=O) groups excluding carboxylic acids is 1. The number of benzene rings is 1. The van der Waals surface area contributed by atoms with E-state index in [1.165, 1.54) is 0 Å². The third-order valence-electron chi connectivity index (χ3n) is 4.70. The van der Waals surface area contributed by atoms with Gasteiger partial charge in [0.1, 0.15) is 11.9 Å². The molecule has 1 atom stereocenters. The number of nitrogens with one attached hydrogen (secondary N) is 1. The number of anilines is 2. The van der Waals surface area contributed by atoms with E-state index in [1.54, 1.807) is 15.8 Å². The molecule has 0 saturated carbocycles. The Morgan fingerprint density at radius 1 is 1.26 bits per heavy atom. The third-order valence-corrected chi connectivity index (χ3v) is 4.94. The van der Waals surface area contributed by atoms with Gasteiger partial charge in [0.2, 0.25) is 5.91 Å². The van der Waals surface area contributed by atoms with E-state index in [9.17, 15) is 4.79 Å². The van der Waals surface area contributed by atoms with Crippen LogP contribution in [0.5, 0.6) is 0 Å². The number of hydrogen-bond acceptors (Lipinski definition) is 4. The molecule has 3 aromatic rings. The third kappa shape index (κ3) is 3.55. The van der Waals surface area contributed by atoms with Crippen LogP contribution in [-0.2, 0) is 11.8 Å². The Balaban J connectivity index is 1.54. The number of aromatic nitrogens is 4. The van der Waals surface area contributed by atoms with Gasteiger partial charge in [-0.1, -0.05) is 17.7 Å². The van der Waals surface area contributed by atoms with E-state index in [1.807, 2.05) is 55.2 Å². The number of rotatable bonds is 4. The molecule has 1 fully saturated rings. The molecule has 27 heavy (non-hydrogen) atoms. The van der Waals surface area contributed by atoms with E-state index in [-0.39, 0.29) is 11.9 Å². The van der Waals surface area contributed by atoms with Gasteiger partial charge in [-0.15, -0.1) is 0 Å². The summed E-state index contributed by atoms with van der Waals surface area (Å²) in [4.78, 5) is 14.7. The molecule has 1 unspecified atom stereocenters. The van der Waals surface area contributed by atoms with Gasteiger partial charge in [0, 0.05) is 36.6 Å². The summed E-state index contributed by atoms with van der Waals surface area (Å²) in [6.07, 6.45) is 5.28. The first-order valence-corrected chi connectivity index (χ1v) is 9.28. The van der Waals surface area contributed by atoms with Gasteiger partial charge in [-0.05, 0) is 38.0 Å². The fourth-order valence-electron chi connectivity index (χ4n) is 3.41. The number of amides is 1. The minimum Gasteiger partial charge on any atom is -0.357 e. The van der Waals surface area contributed by atoms with Gasteiger partial charge in [0.05, 0.1) is 17.6 Å². The van der Waals surface area contributed by atoms with E-state index >= 15 is 0 Å². The lowest BCUT2D eigenvalue weighted by molar-refractivity contribution is -0.120. The molecule has 1 aliphatic heterocycles. The van der Waals surface area contributed by atoms with Gasteiger partial charge in [-0.3, -0.25) is 9.48 Å². The highest BCUT2D eigenvalue weighted by molar-refractivity contribution is 6.30. The maximum Gasteiger partial charge on any atom is 0.249 e. The molecule has 1 saturated heterocycles. The summed E-state index contributed by atoms with van der Waals surface area (Å²) in [5.74, 6) is 0.725. The van der Waals surface area contributed by atoms with Crippen molar-refractivity contribution in [2.45, 2.75) is 25.8 Å². The SMILES string of the molecule is Cc1cc(NC2CCCN(c3cnn(C)c3)C2=O)nn1-c1cccc(Cl)c1. The highest BCUT2D eigenvalue weighted by Gasteiger charge is 2.30. The summed E-state index contributed by atoms with van der Waals surface area (Å²) in [7, 11) is 1.85. The van der Waals surface area contributed by atoms with Crippen molar-refractivity contribution < 1.29 is 4.79 Å². The second-order valence-corrected chi connectivity index (χ2v) is 7.20. The lowest BCUT2D eigenvalue weighted by atomic mass is 10.0. The Morgan fingerprint density at radius 2 is 2.11 bits per heavy atom. The molecule has 0 radical (unpaired) electrons. The first-order valence-electron chi connectivity index (χ1n) is 8.90. The zero-order valence-electron chi connectivity index (χ0n) is 15.3. The van der Waals surface area contributed by atoms with Gasteiger partial charge in [0.25, 0.3) is 0 Å². The Hall–Kier alpha value is -2.80. The van der Waals surface area contributed by atoms with Crippen molar-refractivity contribution in [3.63, 3.8) is 0 Å². The molecule has 8 heteroatoms. The van der Waals surface area contributed by atoms with E-state index in [0.717, 1.165) is 29.9 Å². The fourth-order valence-corrected chi connectivity index (χ4v) is 3.59. The van der Waals surface area contributed by atoms with Crippen molar-refractivity contribution in [3.8, 4) is 5.69 Å². The molecular weight excluding hydrogens is 364 g/mol. The number of carbonyl (C=O) groups is 1. The molecule has 140 valence electrons. The fraction of sp³-hybridized carbons (Fsp3) is 0.316. The first kappa shape index (κ1) is 17.6. The van der Waals surface area contributed by atoms with Crippen LogP contribution in [0.2, 0.25) is 5.02 Å². The highest BCUT2D eigenvalue weighted by Crippen LogP contribution is 2.24. The normalized spacial score (nSPS) is 17.4. The number of nitrogens with zero attached hydrogens (tertiary/aromatic N) is 5. The Kier molecular flexibility index (Phi) is 4.61. The van der Waals surface area contributed by atoms with Crippen LogP contribution < -0.4 is 10.2 Å². The zero-order chi connectivity index (χ0) is 19.0. The van der Waals surface area contributed by atoms with Gasteiger partial charge in [-0.25, -0.2) is 4.68 Å². The van der Waals surface area contributed by atoms with Crippen LogP contribution in [0.1, 0.15) is 18.5 Å². The molecule has 1 N–H and O–H groups in total. The highest BCUT2D eigenvalue weighted by atomic mass is 35.5. The minimum atomic E-state index is -0.305. The van der Waals surface area contributed by atoms with Crippen LogP contribution in [0.15, 0.2) is 42.7 Å². The molecule has 1 aromatic carbocycles. The summed E-state index contributed by atoms with van der Waals surface area (Å²) >= 11 is 6.09. The number of aryl methyl sites for hydroxylation is 2. The largest absolute Gasteiger partial charge is 0.357 e. The average molecular weight is 385 g/mol. The lowest BCUT2D eigenvalue weighted by Crippen LogP contribution is -2.47. The van der Waals surface area contributed by atoms with E-state index in [0.29, 0.717) is 17.4 Å². The van der Waals surface area contributed by atoms with Crippen LogP contribution in [0.3, 0.4) is 0 Å². The Labute approximate surface area is 162 Å². The quantitative estimate of drug-likeness (QED) is 0.750. The second kappa shape index (κ2) is 7.08. The number of piperidine rings is 1. The van der Waals surface area contributed by atoms with Crippen LogP contribution in [0, 0.1) is 6.92 Å². The van der Waals surface area contributed by atoms with E-state index in [4.69, 9.17) is 11.6 Å². The van der Waals surface area contributed by atoms with Crippen molar-refractivity contribution in [3.05, 3.63) is 53.4 Å². The molecule has 3 heterocycles. The summed E-state index contributed by atoms with van der Waals surface area (Å²) in [6.45, 7) is 2.68. The first-order chi connectivity index (χ1) is 13.0. The van der Waals surface area contributed by atoms with Crippen molar-refractivity contribution in [2.75, 3.05) is 16.8 Å². The lowest BCUT2D eigenvalue weighted by Gasteiger charge is -2.31. The predicted molar refractivity (Wildman–Crippen MR) is 106 cm³/mol. The summed E-state index contributed by atoms with van der Waals surface area (Å²) in [5, 5.41) is 12.7. The maximum atomic E-state index is 12.9. The number of hydrogen-bond donors (Lipinski definition) is 1. The van der Waals surface area contributed by atoms with E-state index < -0.39 is 0 Å². The maximum absolute atomic E-state index is 12.9. The average Bonchev–Trinajstić information content (AvgIpc) is 3.22. The standard InChI is InChI=1S/C19H21ClN6O/c1-13-9-18(23-26(13)15-6-3-5-14(20)10-15)22-17-7-4-8-25(19(17)27)16-11-21-24(2)12-16/h3,5-6,9-12,17H,4,7-8H2,1-2H3,(H,22,23). The summed E-state index contributed by atoms with van der Waals surface area (Å²) < 4.78 is 3.52. The Morgan fingerprint density at radius 3 is 2.85 bits per heavy atom. The zero-order valence-corrected chi connectivity index (χ0v) is 16.0. The molecule has 2 aromatic heterocycles. The van der Waals surface area contributed by atoms with Crippen molar-refractivity contribution in [2.24, 2.45) is 7.05 Å². The molecular formula is C19H21ClN6O. The van der Waals surface area contributed by atoms with Crippen LogP contribution in [0.25, 0.3) is 5.69 Å². The predicted octanol–water partition coefficient (Wildman–Crippen LogP) is 3.18. The molecule has 0 spiro atoms. The van der Waals surface area contributed by atoms with Crippen LogP contribution in [-0.4, -0.2) is 38.1 Å². The van der Waals surface area contributed by atoms with Crippen molar-refractivity contribution >= 4 is 29.0 Å². The van der Waals surface area contributed by atoms with Crippen molar-refractivity contribution in [1.82, 2.24) is 19.6 Å².